The van der Waals surface area contributed by atoms with Crippen molar-refractivity contribution >= 4 is 0 Å². The van der Waals surface area contributed by atoms with E-state index in [0.29, 0.717) is 0 Å². The van der Waals surface area contributed by atoms with Gasteiger partial charge in [0.25, 0.3) is 6.43 Å². The molecule has 2 nitrogen and oxygen atoms in total. The molecule has 0 saturated heterocycles. The van der Waals surface area contributed by atoms with E-state index in [0.717, 1.165) is 16.7 Å². The average Bonchev–Trinajstić information content (AvgIpc) is 2.17. The molecule has 0 radical (unpaired) electrons. The number of aryl methyl sites for hydroxylation is 2. The van der Waals surface area contributed by atoms with Gasteiger partial charge in [-0.15, -0.1) is 0 Å². The normalized spacial score (nSPS) is 13.2. The number of hydrazine groups is 1. The molecule has 0 aliphatic rings. The van der Waals surface area contributed by atoms with E-state index in [1.54, 1.807) is 0 Å². The zero-order valence-electron chi connectivity index (χ0n) is 8.93. The Kier molecular flexibility index (Phi) is 4.17. The summed E-state index contributed by atoms with van der Waals surface area (Å²) in [6.07, 6.45) is -2.19. The zero-order chi connectivity index (χ0) is 11.4. The third-order valence-corrected chi connectivity index (χ3v) is 2.59. The summed E-state index contributed by atoms with van der Waals surface area (Å²) in [5.41, 5.74) is 5.15. The van der Waals surface area contributed by atoms with Gasteiger partial charge in [0.2, 0.25) is 0 Å². The molecule has 1 rings (SSSR count). The van der Waals surface area contributed by atoms with Crippen molar-refractivity contribution in [2.45, 2.75) is 32.7 Å². The largest absolute Gasteiger partial charge is 0.271 e. The number of nitrogens with two attached hydrogens (primary N) is 1. The first-order chi connectivity index (χ1) is 7.06. The molecule has 0 spiro atoms. The van der Waals surface area contributed by atoms with Crippen molar-refractivity contribution in [3.05, 3.63) is 34.9 Å². The van der Waals surface area contributed by atoms with Gasteiger partial charge in [0.15, 0.2) is 0 Å². The van der Waals surface area contributed by atoms with Gasteiger partial charge in [-0.25, -0.2) is 8.78 Å². The number of benzene rings is 1. The van der Waals surface area contributed by atoms with E-state index >= 15 is 0 Å². The van der Waals surface area contributed by atoms with Crippen LogP contribution in [-0.4, -0.2) is 12.5 Å². The number of nitrogens with one attached hydrogen (secondary N) is 1. The molecule has 1 aromatic carbocycles. The maximum Gasteiger partial charge on any atom is 0.255 e. The Balaban J connectivity index is 2.87. The van der Waals surface area contributed by atoms with Gasteiger partial charge >= 0.3 is 0 Å². The van der Waals surface area contributed by atoms with E-state index in [9.17, 15) is 8.78 Å². The van der Waals surface area contributed by atoms with Gasteiger partial charge in [-0.1, -0.05) is 18.2 Å². The summed E-state index contributed by atoms with van der Waals surface area (Å²) in [4.78, 5) is 0. The molecule has 1 atom stereocenters. The maximum atomic E-state index is 12.5. The number of hydrogen-bond acceptors (Lipinski definition) is 2. The van der Waals surface area contributed by atoms with Crippen molar-refractivity contribution in [2.24, 2.45) is 5.84 Å². The fourth-order valence-electron chi connectivity index (χ4n) is 1.61. The Morgan fingerprint density at radius 3 is 2.20 bits per heavy atom. The summed E-state index contributed by atoms with van der Waals surface area (Å²) in [5, 5.41) is 0. The smallest absolute Gasteiger partial charge is 0.255 e. The lowest BCUT2D eigenvalue weighted by Gasteiger charge is -2.17. The lowest BCUT2D eigenvalue weighted by molar-refractivity contribution is 0.0983. The number of rotatable bonds is 4. The Bertz CT molecular complexity index is 306. The Morgan fingerprint density at radius 2 is 1.80 bits per heavy atom. The van der Waals surface area contributed by atoms with Gasteiger partial charge in [0, 0.05) is 0 Å². The molecule has 1 unspecified atom stereocenters. The van der Waals surface area contributed by atoms with E-state index in [1.165, 1.54) is 0 Å². The third kappa shape index (κ3) is 2.97. The van der Waals surface area contributed by atoms with Gasteiger partial charge in [-0.05, 0) is 37.0 Å². The van der Waals surface area contributed by atoms with E-state index < -0.39 is 12.5 Å². The highest BCUT2D eigenvalue weighted by Gasteiger charge is 2.20. The Labute approximate surface area is 88.4 Å². The van der Waals surface area contributed by atoms with E-state index in [1.807, 2.05) is 32.0 Å². The molecule has 0 aliphatic heterocycles. The number of hydrogen-bond donors (Lipinski definition) is 2. The quantitative estimate of drug-likeness (QED) is 0.594. The molecule has 0 saturated carbocycles. The lowest BCUT2D eigenvalue weighted by Crippen LogP contribution is -2.42. The first-order valence-electron chi connectivity index (χ1n) is 4.85. The van der Waals surface area contributed by atoms with Crippen LogP contribution in [0.2, 0.25) is 0 Å². The average molecular weight is 214 g/mol. The highest BCUT2D eigenvalue weighted by atomic mass is 19.3. The Hall–Kier alpha value is -1.00. The lowest BCUT2D eigenvalue weighted by atomic mass is 9.97. The van der Waals surface area contributed by atoms with Crippen molar-refractivity contribution in [3.63, 3.8) is 0 Å². The van der Waals surface area contributed by atoms with Crippen LogP contribution in [0.5, 0.6) is 0 Å². The monoisotopic (exact) mass is 214 g/mol. The van der Waals surface area contributed by atoms with Gasteiger partial charge in [-0.2, -0.15) is 0 Å². The first kappa shape index (κ1) is 12.1. The molecule has 0 aliphatic carbocycles. The molecule has 3 N–H and O–H groups in total. The highest BCUT2D eigenvalue weighted by Crippen LogP contribution is 2.17. The summed E-state index contributed by atoms with van der Waals surface area (Å²) in [7, 11) is 0. The van der Waals surface area contributed by atoms with Crippen LogP contribution in [0, 0.1) is 13.8 Å². The van der Waals surface area contributed by atoms with Crippen LogP contribution in [0.15, 0.2) is 18.2 Å². The second kappa shape index (κ2) is 5.19. The Morgan fingerprint density at radius 1 is 1.27 bits per heavy atom. The summed E-state index contributed by atoms with van der Waals surface area (Å²) in [6.45, 7) is 3.84. The zero-order valence-corrected chi connectivity index (χ0v) is 8.93. The molecule has 0 amide bonds. The van der Waals surface area contributed by atoms with Crippen molar-refractivity contribution in [1.82, 2.24) is 5.43 Å². The molecular weight excluding hydrogens is 198 g/mol. The second-order valence-electron chi connectivity index (χ2n) is 3.68. The predicted molar refractivity (Wildman–Crippen MR) is 56.7 cm³/mol. The van der Waals surface area contributed by atoms with E-state index in [2.05, 4.69) is 5.43 Å². The van der Waals surface area contributed by atoms with Crippen LogP contribution in [0.3, 0.4) is 0 Å². The standard InChI is InChI=1S/C11H16F2N2/c1-7-4-3-5-8(2)9(7)6-10(15-14)11(12)13/h3-5,10-11,15H,6,14H2,1-2H3. The maximum absolute atomic E-state index is 12.5. The molecule has 0 fully saturated rings. The van der Waals surface area contributed by atoms with Crippen LogP contribution in [0.1, 0.15) is 16.7 Å². The molecule has 1 aromatic rings. The highest BCUT2D eigenvalue weighted by molar-refractivity contribution is 5.34. The molecule has 4 heteroatoms. The predicted octanol–water partition coefficient (Wildman–Crippen LogP) is 1.94. The molecule has 0 heterocycles. The molecule has 0 bridgehead atoms. The van der Waals surface area contributed by atoms with Gasteiger partial charge < -0.3 is 0 Å². The second-order valence-corrected chi connectivity index (χ2v) is 3.68. The van der Waals surface area contributed by atoms with Gasteiger partial charge in [-0.3, -0.25) is 11.3 Å². The molecule has 15 heavy (non-hydrogen) atoms. The summed E-state index contributed by atoms with van der Waals surface area (Å²) in [6, 6.07) is 4.77. The fourth-order valence-corrected chi connectivity index (χ4v) is 1.61. The molecule has 0 aromatic heterocycles. The summed E-state index contributed by atoms with van der Waals surface area (Å²) < 4.78 is 25.0. The third-order valence-electron chi connectivity index (χ3n) is 2.59. The number of halogens is 2. The molecule has 84 valence electrons. The summed E-state index contributed by atoms with van der Waals surface area (Å²) >= 11 is 0. The van der Waals surface area contributed by atoms with Crippen LogP contribution >= 0.6 is 0 Å². The minimum atomic E-state index is -2.45. The minimum absolute atomic E-state index is 0.257. The van der Waals surface area contributed by atoms with Crippen LogP contribution in [-0.2, 0) is 6.42 Å². The minimum Gasteiger partial charge on any atom is -0.271 e. The molecular formula is C11H16F2N2. The van der Waals surface area contributed by atoms with Crippen molar-refractivity contribution in [1.29, 1.82) is 0 Å². The van der Waals surface area contributed by atoms with E-state index in [4.69, 9.17) is 5.84 Å². The van der Waals surface area contributed by atoms with Crippen molar-refractivity contribution in [2.75, 3.05) is 0 Å². The van der Waals surface area contributed by atoms with Crippen LogP contribution in [0.4, 0.5) is 8.78 Å². The van der Waals surface area contributed by atoms with Crippen LogP contribution in [0.25, 0.3) is 0 Å². The van der Waals surface area contributed by atoms with E-state index in [-0.39, 0.29) is 6.42 Å². The summed E-state index contributed by atoms with van der Waals surface area (Å²) in [5.74, 6) is 5.09. The van der Waals surface area contributed by atoms with Crippen LogP contribution < -0.4 is 11.3 Å². The topological polar surface area (TPSA) is 38.0 Å². The van der Waals surface area contributed by atoms with Gasteiger partial charge in [0.05, 0.1) is 6.04 Å². The SMILES string of the molecule is Cc1cccc(C)c1CC(NN)C(F)F. The fraction of sp³-hybridized carbons (Fsp3) is 0.455. The van der Waals surface area contributed by atoms with Gasteiger partial charge in [0.1, 0.15) is 0 Å². The number of alkyl halides is 2. The van der Waals surface area contributed by atoms with Crippen molar-refractivity contribution in [3.8, 4) is 0 Å². The van der Waals surface area contributed by atoms with Crippen molar-refractivity contribution < 1.29 is 8.78 Å². The first-order valence-corrected chi connectivity index (χ1v) is 4.85.